The Hall–Kier alpha value is -2.02. The van der Waals surface area contributed by atoms with E-state index in [1.54, 1.807) is 14.2 Å². The highest BCUT2D eigenvalue weighted by atomic mass is 16.5. The van der Waals surface area contributed by atoms with Gasteiger partial charge in [-0.25, -0.2) is 0 Å². The molecule has 17 heavy (non-hydrogen) atoms. The third-order valence-corrected chi connectivity index (χ3v) is 2.42. The van der Waals surface area contributed by atoms with E-state index >= 15 is 0 Å². The van der Waals surface area contributed by atoms with E-state index in [-0.39, 0.29) is 12.2 Å². The largest absolute Gasteiger partial charge is 0.493 e. The monoisotopic (exact) mass is 233 g/mol. The molecule has 0 saturated heterocycles. The minimum absolute atomic E-state index is 0.0205. The summed E-state index contributed by atoms with van der Waals surface area (Å²) in [5, 5.41) is 8.38. The van der Waals surface area contributed by atoms with Crippen LogP contribution in [0.25, 0.3) is 0 Å². The van der Waals surface area contributed by atoms with Gasteiger partial charge in [0.2, 0.25) is 0 Å². The van der Waals surface area contributed by atoms with Crippen molar-refractivity contribution in [2.24, 2.45) is 0 Å². The van der Waals surface area contributed by atoms with Gasteiger partial charge in [0, 0.05) is 6.42 Å². The lowest BCUT2D eigenvalue weighted by Gasteiger charge is -2.09. The van der Waals surface area contributed by atoms with Crippen molar-refractivity contribution in [2.45, 2.75) is 19.3 Å². The molecule has 1 aromatic carbocycles. The van der Waals surface area contributed by atoms with Crippen molar-refractivity contribution in [3.63, 3.8) is 0 Å². The topological polar surface area (TPSA) is 59.3 Å². The number of hydrogen-bond donors (Lipinski definition) is 0. The number of benzene rings is 1. The van der Waals surface area contributed by atoms with Crippen molar-refractivity contribution in [2.75, 3.05) is 14.2 Å². The van der Waals surface area contributed by atoms with E-state index in [9.17, 15) is 4.79 Å². The molecule has 0 aromatic heterocycles. The Morgan fingerprint density at radius 3 is 2.59 bits per heavy atom. The fourth-order valence-corrected chi connectivity index (χ4v) is 1.50. The predicted octanol–water partition coefficient (Wildman–Crippen LogP) is 2.12. The van der Waals surface area contributed by atoms with Gasteiger partial charge >= 0.3 is 0 Å². The molecule has 1 rings (SSSR count). The van der Waals surface area contributed by atoms with E-state index in [1.807, 2.05) is 24.3 Å². The van der Waals surface area contributed by atoms with Crippen molar-refractivity contribution in [1.82, 2.24) is 0 Å². The van der Waals surface area contributed by atoms with Crippen LogP contribution in [0.2, 0.25) is 0 Å². The van der Waals surface area contributed by atoms with Crippen LogP contribution in [-0.4, -0.2) is 20.0 Å². The number of carbonyl (C=O) groups is 1. The Morgan fingerprint density at radius 2 is 2.00 bits per heavy atom. The summed E-state index contributed by atoms with van der Waals surface area (Å²) in [5.74, 6) is 1.28. The maximum atomic E-state index is 11.2. The third-order valence-electron chi connectivity index (χ3n) is 2.42. The Labute approximate surface area is 101 Å². The number of ketones is 1. The standard InChI is InChI=1S/C13H15NO3/c1-16-12-6-4-10(9-13(12)17-2)3-5-11(15)7-8-14/h4,6,9H,3,5,7H2,1-2H3. The van der Waals surface area contributed by atoms with Gasteiger partial charge in [-0.3, -0.25) is 4.79 Å². The van der Waals surface area contributed by atoms with Gasteiger partial charge in [0.15, 0.2) is 11.5 Å². The molecular weight excluding hydrogens is 218 g/mol. The predicted molar refractivity (Wildman–Crippen MR) is 63.1 cm³/mol. The molecule has 4 nitrogen and oxygen atoms in total. The van der Waals surface area contributed by atoms with Gasteiger partial charge in [-0.15, -0.1) is 0 Å². The first-order valence-corrected chi connectivity index (χ1v) is 5.30. The number of Topliss-reactive ketones (excluding diaryl/α,β-unsaturated/α-hetero) is 1. The molecule has 0 aliphatic rings. The normalized spacial score (nSPS) is 9.47. The SMILES string of the molecule is COc1ccc(CCC(=O)CC#N)cc1OC. The molecule has 0 heterocycles. The summed E-state index contributed by atoms with van der Waals surface area (Å²) >= 11 is 0. The van der Waals surface area contributed by atoms with Crippen LogP contribution in [0.4, 0.5) is 0 Å². The Kier molecular flexibility index (Phi) is 5.02. The highest BCUT2D eigenvalue weighted by molar-refractivity contribution is 5.80. The third kappa shape index (κ3) is 3.80. The number of nitrogens with zero attached hydrogens (tertiary/aromatic N) is 1. The summed E-state index contributed by atoms with van der Waals surface area (Å²) in [5.41, 5.74) is 0.994. The van der Waals surface area contributed by atoms with Crippen LogP contribution in [0, 0.1) is 11.3 Å². The van der Waals surface area contributed by atoms with E-state index in [0.717, 1.165) is 5.56 Å². The second kappa shape index (κ2) is 6.54. The van der Waals surface area contributed by atoms with E-state index in [2.05, 4.69) is 0 Å². The van der Waals surface area contributed by atoms with Crippen LogP contribution >= 0.6 is 0 Å². The molecule has 0 N–H and O–H groups in total. The molecule has 0 saturated carbocycles. The van der Waals surface area contributed by atoms with Crippen molar-refractivity contribution in [3.05, 3.63) is 23.8 Å². The number of methoxy groups -OCH3 is 2. The lowest BCUT2D eigenvalue weighted by Crippen LogP contribution is -1.99. The van der Waals surface area contributed by atoms with Gasteiger partial charge in [-0.1, -0.05) is 6.07 Å². The quantitative estimate of drug-likeness (QED) is 0.755. The molecule has 0 atom stereocenters. The minimum atomic E-state index is -0.0396. The molecule has 0 fully saturated rings. The number of ether oxygens (including phenoxy) is 2. The van der Waals surface area contributed by atoms with Crippen LogP contribution in [0.1, 0.15) is 18.4 Å². The Bertz CT molecular complexity index is 435. The van der Waals surface area contributed by atoms with Gasteiger partial charge in [0.1, 0.15) is 5.78 Å². The average molecular weight is 233 g/mol. The summed E-state index contributed by atoms with van der Waals surface area (Å²) < 4.78 is 10.3. The molecule has 0 radical (unpaired) electrons. The molecule has 4 heteroatoms. The second-order valence-corrected chi connectivity index (χ2v) is 3.56. The molecule has 0 spiro atoms. The lowest BCUT2D eigenvalue weighted by molar-refractivity contribution is -0.118. The maximum Gasteiger partial charge on any atom is 0.160 e. The number of hydrogen-bond acceptors (Lipinski definition) is 4. The fourth-order valence-electron chi connectivity index (χ4n) is 1.50. The van der Waals surface area contributed by atoms with Gasteiger partial charge in [-0.2, -0.15) is 5.26 Å². The molecule has 0 unspecified atom stereocenters. The zero-order valence-electron chi connectivity index (χ0n) is 10.0. The maximum absolute atomic E-state index is 11.2. The zero-order valence-corrected chi connectivity index (χ0v) is 10.0. The van der Waals surface area contributed by atoms with Gasteiger partial charge in [0.05, 0.1) is 26.7 Å². The Balaban J connectivity index is 2.67. The summed E-state index contributed by atoms with van der Waals surface area (Å²) in [7, 11) is 3.15. The number of nitriles is 1. The van der Waals surface area contributed by atoms with E-state index in [1.165, 1.54) is 0 Å². The number of aryl methyl sites for hydroxylation is 1. The molecule has 0 bridgehead atoms. The van der Waals surface area contributed by atoms with Crippen molar-refractivity contribution >= 4 is 5.78 Å². The van der Waals surface area contributed by atoms with Gasteiger partial charge in [-0.05, 0) is 24.1 Å². The Morgan fingerprint density at radius 1 is 1.29 bits per heavy atom. The molecule has 90 valence electrons. The number of rotatable bonds is 6. The first-order valence-electron chi connectivity index (χ1n) is 5.30. The smallest absolute Gasteiger partial charge is 0.160 e. The van der Waals surface area contributed by atoms with Crippen molar-refractivity contribution in [1.29, 1.82) is 5.26 Å². The van der Waals surface area contributed by atoms with Crippen molar-refractivity contribution in [3.8, 4) is 17.6 Å². The van der Waals surface area contributed by atoms with Crippen LogP contribution in [0.3, 0.4) is 0 Å². The summed E-state index contributed by atoms with van der Waals surface area (Å²) in [6.07, 6.45) is 0.969. The summed E-state index contributed by atoms with van der Waals surface area (Å²) in [6.45, 7) is 0. The fraction of sp³-hybridized carbons (Fsp3) is 0.385. The zero-order chi connectivity index (χ0) is 12.7. The van der Waals surface area contributed by atoms with Gasteiger partial charge in [0.25, 0.3) is 0 Å². The highest BCUT2D eigenvalue weighted by Gasteiger charge is 2.06. The molecule has 0 aliphatic carbocycles. The molecular formula is C13H15NO3. The molecule has 1 aromatic rings. The molecule has 0 amide bonds. The first-order chi connectivity index (χ1) is 8.21. The van der Waals surface area contributed by atoms with Gasteiger partial charge < -0.3 is 9.47 Å². The second-order valence-electron chi connectivity index (χ2n) is 3.56. The summed E-state index contributed by atoms with van der Waals surface area (Å²) in [6, 6.07) is 7.39. The molecule has 0 aliphatic heterocycles. The van der Waals surface area contributed by atoms with Crippen LogP contribution in [0.15, 0.2) is 18.2 Å². The van der Waals surface area contributed by atoms with Crippen molar-refractivity contribution < 1.29 is 14.3 Å². The first kappa shape index (κ1) is 13.0. The average Bonchev–Trinajstić information content (AvgIpc) is 2.36. The summed E-state index contributed by atoms with van der Waals surface area (Å²) in [4.78, 5) is 11.2. The van der Waals surface area contributed by atoms with Crippen LogP contribution in [0.5, 0.6) is 11.5 Å². The lowest BCUT2D eigenvalue weighted by atomic mass is 10.1. The highest BCUT2D eigenvalue weighted by Crippen LogP contribution is 2.27. The van der Waals surface area contributed by atoms with E-state index < -0.39 is 0 Å². The van der Waals surface area contributed by atoms with Crippen LogP contribution < -0.4 is 9.47 Å². The van der Waals surface area contributed by atoms with E-state index in [0.29, 0.717) is 24.3 Å². The van der Waals surface area contributed by atoms with Crippen LogP contribution in [-0.2, 0) is 11.2 Å². The van der Waals surface area contributed by atoms with E-state index in [4.69, 9.17) is 14.7 Å². The number of carbonyl (C=O) groups excluding carboxylic acids is 1. The minimum Gasteiger partial charge on any atom is -0.493 e.